The summed E-state index contributed by atoms with van der Waals surface area (Å²) in [6.45, 7) is -1.06. The van der Waals surface area contributed by atoms with E-state index >= 15 is 0 Å². The molecule has 0 fully saturated rings. The predicted octanol–water partition coefficient (Wildman–Crippen LogP) is 2.38. The molecule has 0 aliphatic heterocycles. The highest BCUT2D eigenvalue weighted by Crippen LogP contribution is 2.28. The molecule has 0 bridgehead atoms. The molecule has 2 nitrogen and oxygen atoms in total. The summed E-state index contributed by atoms with van der Waals surface area (Å²) in [6.07, 6.45) is -4.52. The second kappa shape index (κ2) is 3.73. The minimum atomic E-state index is -4.66. The van der Waals surface area contributed by atoms with Gasteiger partial charge in [0.25, 0.3) is 0 Å². The predicted molar refractivity (Wildman–Crippen MR) is 39.4 cm³/mol. The lowest BCUT2D eigenvalue weighted by molar-refractivity contribution is -0.141. The largest absolute Gasteiger partial charge is 0.433 e. The molecule has 0 N–H and O–H groups in total. The number of alkyl halides is 4. The molecule has 76 valence electrons. The van der Waals surface area contributed by atoms with Crippen molar-refractivity contribution < 1.29 is 22.4 Å². The van der Waals surface area contributed by atoms with Crippen LogP contribution in [0.25, 0.3) is 0 Å². The van der Waals surface area contributed by atoms with Crippen molar-refractivity contribution in [2.75, 3.05) is 0 Å². The summed E-state index contributed by atoms with van der Waals surface area (Å²) in [7, 11) is 0. The van der Waals surface area contributed by atoms with E-state index in [0.29, 0.717) is 6.07 Å². The average molecular weight is 207 g/mol. The van der Waals surface area contributed by atoms with Gasteiger partial charge in [-0.1, -0.05) is 0 Å². The van der Waals surface area contributed by atoms with Crippen LogP contribution in [0.2, 0.25) is 0 Å². The second-order valence-corrected chi connectivity index (χ2v) is 2.53. The van der Waals surface area contributed by atoms with E-state index in [2.05, 4.69) is 4.98 Å². The minimum absolute atomic E-state index is 0.147. The van der Waals surface area contributed by atoms with Crippen molar-refractivity contribution in [3.05, 3.63) is 29.1 Å². The van der Waals surface area contributed by atoms with Gasteiger partial charge in [0, 0.05) is 0 Å². The Kier molecular flexibility index (Phi) is 2.83. The van der Waals surface area contributed by atoms with Crippen LogP contribution in [-0.4, -0.2) is 11.3 Å². The van der Waals surface area contributed by atoms with Gasteiger partial charge in [-0.2, -0.15) is 13.2 Å². The number of nitrogens with zero attached hydrogens (tertiary/aromatic N) is 1. The van der Waals surface area contributed by atoms with Crippen molar-refractivity contribution in [3.63, 3.8) is 0 Å². The molecule has 0 aromatic carbocycles. The van der Waals surface area contributed by atoms with Crippen molar-refractivity contribution in [2.45, 2.75) is 12.9 Å². The summed E-state index contributed by atoms with van der Waals surface area (Å²) < 4.78 is 48.5. The molecule has 0 spiro atoms. The fraction of sp³-hybridized carbons (Fsp3) is 0.250. The summed E-state index contributed by atoms with van der Waals surface area (Å²) in [5, 5.41) is 0. The molecule has 0 saturated heterocycles. The third-order valence-corrected chi connectivity index (χ3v) is 1.47. The molecular weight excluding hydrogens is 202 g/mol. The number of pyridine rings is 1. The van der Waals surface area contributed by atoms with Crippen LogP contribution >= 0.6 is 0 Å². The van der Waals surface area contributed by atoms with E-state index in [1.807, 2.05) is 0 Å². The smallest absolute Gasteiger partial charge is 0.296 e. The number of rotatable bonds is 2. The average Bonchev–Trinajstić information content (AvgIpc) is 2.15. The van der Waals surface area contributed by atoms with Crippen LogP contribution in [0.5, 0.6) is 0 Å². The first-order chi connectivity index (χ1) is 6.47. The molecule has 1 aromatic heterocycles. The maximum absolute atomic E-state index is 12.1. The van der Waals surface area contributed by atoms with Crippen LogP contribution in [0, 0.1) is 0 Å². The van der Waals surface area contributed by atoms with Gasteiger partial charge in [0.15, 0.2) is 6.29 Å². The maximum Gasteiger partial charge on any atom is 0.433 e. The first kappa shape index (κ1) is 10.6. The minimum Gasteiger partial charge on any atom is -0.296 e. The molecule has 6 heteroatoms. The van der Waals surface area contributed by atoms with Gasteiger partial charge in [-0.15, -0.1) is 0 Å². The highest BCUT2D eigenvalue weighted by atomic mass is 19.4. The SMILES string of the molecule is O=Cc1cc(CF)cc(C(F)(F)F)n1. The number of carbonyl (C=O) groups excluding carboxylic acids is 1. The van der Waals surface area contributed by atoms with Gasteiger partial charge in [0.1, 0.15) is 18.1 Å². The van der Waals surface area contributed by atoms with Crippen LogP contribution in [0.15, 0.2) is 12.1 Å². The summed E-state index contributed by atoms with van der Waals surface area (Å²) in [5.74, 6) is 0. The molecule has 0 saturated carbocycles. The van der Waals surface area contributed by atoms with Crippen LogP contribution in [0.3, 0.4) is 0 Å². The van der Waals surface area contributed by atoms with Gasteiger partial charge in [0.2, 0.25) is 0 Å². The molecular formula is C8H5F4NO. The number of aromatic nitrogens is 1. The van der Waals surface area contributed by atoms with Crippen LogP contribution in [-0.2, 0) is 12.9 Å². The molecule has 0 atom stereocenters. The Labute approximate surface area is 76.6 Å². The normalized spacial score (nSPS) is 11.4. The standard InChI is InChI=1S/C8H5F4NO/c9-3-5-1-6(4-14)13-7(2-5)8(10,11)12/h1-2,4H,3H2. The van der Waals surface area contributed by atoms with Crippen molar-refractivity contribution in [1.29, 1.82) is 0 Å². The second-order valence-electron chi connectivity index (χ2n) is 2.53. The first-order valence-electron chi connectivity index (χ1n) is 3.56. The zero-order valence-corrected chi connectivity index (χ0v) is 6.81. The Morgan fingerprint density at radius 2 is 2.00 bits per heavy atom. The lowest BCUT2D eigenvalue weighted by atomic mass is 10.2. The van der Waals surface area contributed by atoms with E-state index in [1.165, 1.54) is 0 Å². The third kappa shape index (κ3) is 2.27. The molecule has 0 aliphatic carbocycles. The summed E-state index contributed by atoms with van der Waals surface area (Å²) >= 11 is 0. The summed E-state index contributed by atoms with van der Waals surface area (Å²) in [6, 6.07) is 1.55. The van der Waals surface area contributed by atoms with Gasteiger partial charge in [-0.25, -0.2) is 9.37 Å². The van der Waals surface area contributed by atoms with Gasteiger partial charge < -0.3 is 0 Å². The Balaban J connectivity index is 3.24. The van der Waals surface area contributed by atoms with Crippen molar-refractivity contribution in [3.8, 4) is 0 Å². The van der Waals surface area contributed by atoms with E-state index in [9.17, 15) is 22.4 Å². The van der Waals surface area contributed by atoms with Crippen LogP contribution < -0.4 is 0 Å². The fourth-order valence-corrected chi connectivity index (χ4v) is 0.894. The zero-order chi connectivity index (χ0) is 10.8. The molecule has 0 radical (unpaired) electrons. The van der Waals surface area contributed by atoms with E-state index in [-0.39, 0.29) is 11.8 Å². The van der Waals surface area contributed by atoms with Gasteiger partial charge in [-0.3, -0.25) is 4.79 Å². The van der Waals surface area contributed by atoms with E-state index in [4.69, 9.17) is 0 Å². The van der Waals surface area contributed by atoms with Crippen molar-refractivity contribution >= 4 is 6.29 Å². The quantitative estimate of drug-likeness (QED) is 0.550. The van der Waals surface area contributed by atoms with Gasteiger partial charge in [0.05, 0.1) is 0 Å². The lowest BCUT2D eigenvalue weighted by Crippen LogP contribution is -2.10. The lowest BCUT2D eigenvalue weighted by Gasteiger charge is -2.07. The van der Waals surface area contributed by atoms with E-state index in [0.717, 1.165) is 6.07 Å². The number of carbonyl (C=O) groups is 1. The summed E-state index contributed by atoms with van der Waals surface area (Å²) in [5.41, 5.74) is -1.89. The Morgan fingerprint density at radius 1 is 1.36 bits per heavy atom. The summed E-state index contributed by atoms with van der Waals surface area (Å²) in [4.78, 5) is 13.2. The number of aldehydes is 1. The first-order valence-corrected chi connectivity index (χ1v) is 3.56. The zero-order valence-electron chi connectivity index (χ0n) is 6.81. The highest BCUT2D eigenvalue weighted by Gasteiger charge is 2.33. The Bertz CT molecular complexity index is 348. The van der Waals surface area contributed by atoms with Crippen LogP contribution in [0.4, 0.5) is 17.6 Å². The molecule has 1 rings (SSSR count). The van der Waals surface area contributed by atoms with E-state index < -0.39 is 24.2 Å². The van der Waals surface area contributed by atoms with Gasteiger partial charge >= 0.3 is 6.18 Å². The monoisotopic (exact) mass is 207 g/mol. The van der Waals surface area contributed by atoms with Gasteiger partial charge in [-0.05, 0) is 17.7 Å². The Morgan fingerprint density at radius 3 is 2.43 bits per heavy atom. The topological polar surface area (TPSA) is 30.0 Å². The Hall–Kier alpha value is -1.46. The molecule has 0 unspecified atom stereocenters. The fourth-order valence-electron chi connectivity index (χ4n) is 0.894. The molecule has 0 amide bonds. The number of hydrogen-bond acceptors (Lipinski definition) is 2. The van der Waals surface area contributed by atoms with Crippen LogP contribution in [0.1, 0.15) is 21.7 Å². The number of halogens is 4. The van der Waals surface area contributed by atoms with E-state index in [1.54, 1.807) is 0 Å². The third-order valence-electron chi connectivity index (χ3n) is 1.47. The van der Waals surface area contributed by atoms with Crippen molar-refractivity contribution in [1.82, 2.24) is 4.98 Å². The maximum atomic E-state index is 12.1. The molecule has 1 heterocycles. The molecule has 0 aliphatic rings. The van der Waals surface area contributed by atoms with Crippen molar-refractivity contribution in [2.24, 2.45) is 0 Å². The highest BCUT2D eigenvalue weighted by molar-refractivity contribution is 5.72. The number of hydrogen-bond donors (Lipinski definition) is 0. The molecule has 14 heavy (non-hydrogen) atoms. The molecule has 1 aromatic rings.